The first-order valence-corrected chi connectivity index (χ1v) is 9.40. The summed E-state index contributed by atoms with van der Waals surface area (Å²) < 4.78 is 105. The molecule has 30 heavy (non-hydrogen) atoms. The smallest absolute Gasteiger partial charge is 0.406 e. The van der Waals surface area contributed by atoms with Crippen molar-refractivity contribution >= 4 is 27.3 Å². The van der Waals surface area contributed by atoms with Crippen LogP contribution in [-0.2, 0) is 21.0 Å². The molecule has 1 atom stereocenters. The van der Waals surface area contributed by atoms with E-state index in [1.165, 1.54) is 0 Å². The molecule has 0 radical (unpaired) electrons. The average Bonchev–Trinajstić information content (AvgIpc) is 2.60. The molecule has 1 amide bonds. The average molecular weight is 455 g/mol. The van der Waals surface area contributed by atoms with Gasteiger partial charge >= 0.3 is 12.5 Å². The van der Waals surface area contributed by atoms with Gasteiger partial charge in [0.05, 0.1) is 11.3 Å². The van der Waals surface area contributed by atoms with Gasteiger partial charge in [-0.05, 0) is 42.5 Å². The molecule has 2 aromatic carbocycles. The molecule has 0 saturated carbocycles. The lowest BCUT2D eigenvalue weighted by Crippen LogP contribution is -2.51. The van der Waals surface area contributed by atoms with Crippen LogP contribution in [0.4, 0.5) is 37.7 Å². The summed E-state index contributed by atoms with van der Waals surface area (Å²) >= 11 is 0. The molecule has 3 N–H and O–H groups in total. The third-order valence-electron chi connectivity index (χ3n) is 3.79. The highest BCUT2D eigenvalue weighted by Crippen LogP contribution is 2.35. The predicted octanol–water partition coefficient (Wildman–Crippen LogP) is 3.27. The summed E-state index contributed by atoms with van der Waals surface area (Å²) in [6, 6.07) is 5.83. The molecule has 1 unspecified atom stereocenters. The zero-order valence-corrected chi connectivity index (χ0v) is 15.2. The molecule has 1 aliphatic heterocycles. The highest BCUT2D eigenvalue weighted by Gasteiger charge is 2.37. The van der Waals surface area contributed by atoms with Gasteiger partial charge in [0.1, 0.15) is 10.6 Å². The van der Waals surface area contributed by atoms with E-state index in [1.807, 2.05) is 4.72 Å². The minimum absolute atomic E-state index is 0.00892. The number of ether oxygens (including phenoxy) is 1. The molecule has 162 valence electrons. The summed E-state index contributed by atoms with van der Waals surface area (Å²) in [5, 5.41) is 4.58. The summed E-state index contributed by atoms with van der Waals surface area (Å²) in [4.78, 5) is 11.8. The van der Waals surface area contributed by atoms with Crippen molar-refractivity contribution in [3.63, 3.8) is 0 Å². The van der Waals surface area contributed by atoms with Crippen molar-refractivity contribution < 1.29 is 44.3 Å². The van der Waals surface area contributed by atoms with E-state index in [1.54, 1.807) is 0 Å². The summed E-state index contributed by atoms with van der Waals surface area (Å²) in [7, 11) is -4.30. The first kappa shape index (κ1) is 21.7. The third kappa shape index (κ3) is 4.94. The van der Waals surface area contributed by atoms with Gasteiger partial charge in [-0.1, -0.05) is 0 Å². The van der Waals surface area contributed by atoms with Crippen molar-refractivity contribution in [1.29, 1.82) is 0 Å². The number of benzene rings is 2. The molecular formula is C16H11F6N3O4S. The fraction of sp³-hybridized carbons (Fsp3) is 0.188. The van der Waals surface area contributed by atoms with Crippen LogP contribution in [0.3, 0.4) is 0 Å². The number of carbonyl (C=O) groups excluding carboxylic acids is 1. The fourth-order valence-electron chi connectivity index (χ4n) is 2.53. The zero-order chi connectivity index (χ0) is 22.3. The molecule has 0 saturated heterocycles. The van der Waals surface area contributed by atoms with Gasteiger partial charge in [-0.15, -0.1) is 13.2 Å². The second-order valence-corrected chi connectivity index (χ2v) is 7.65. The van der Waals surface area contributed by atoms with Crippen LogP contribution in [-0.4, -0.2) is 26.9 Å². The molecule has 1 aliphatic rings. The Morgan fingerprint density at radius 1 is 1.00 bits per heavy atom. The van der Waals surface area contributed by atoms with Crippen molar-refractivity contribution in [2.45, 2.75) is 23.6 Å². The van der Waals surface area contributed by atoms with Crippen LogP contribution in [0.1, 0.15) is 5.56 Å². The largest absolute Gasteiger partial charge is 0.573 e. The fourth-order valence-corrected chi connectivity index (χ4v) is 3.79. The summed E-state index contributed by atoms with van der Waals surface area (Å²) in [6.45, 7) is 0. The molecule has 3 rings (SSSR count). The van der Waals surface area contributed by atoms with E-state index in [0.717, 1.165) is 30.3 Å². The van der Waals surface area contributed by atoms with Crippen LogP contribution >= 0.6 is 0 Å². The van der Waals surface area contributed by atoms with E-state index in [-0.39, 0.29) is 5.69 Å². The van der Waals surface area contributed by atoms with Crippen molar-refractivity contribution in [3.8, 4) is 5.75 Å². The van der Waals surface area contributed by atoms with Crippen molar-refractivity contribution in [1.82, 2.24) is 4.72 Å². The molecule has 0 aromatic heterocycles. The predicted molar refractivity (Wildman–Crippen MR) is 90.9 cm³/mol. The SMILES string of the molecule is O=C(Nc1ccc(OC(F)(F)F)cc1)C1Nc2cc(C(F)(F)F)ccc2S(=O)(=O)N1. The lowest BCUT2D eigenvalue weighted by atomic mass is 10.2. The number of fused-ring (bicyclic) bond motifs is 1. The first-order valence-electron chi connectivity index (χ1n) is 7.91. The second kappa shape index (κ2) is 7.36. The Labute approximate surface area is 165 Å². The maximum atomic E-state index is 12.9. The summed E-state index contributed by atoms with van der Waals surface area (Å²) in [5.41, 5.74) is -1.56. The number of hydrogen-bond acceptors (Lipinski definition) is 5. The van der Waals surface area contributed by atoms with Crippen LogP contribution in [0, 0.1) is 0 Å². The number of amides is 1. The molecule has 14 heteroatoms. The number of nitrogens with one attached hydrogen (secondary N) is 3. The highest BCUT2D eigenvalue weighted by atomic mass is 32.2. The number of halogens is 6. The number of alkyl halides is 6. The Morgan fingerprint density at radius 3 is 2.20 bits per heavy atom. The molecular weight excluding hydrogens is 444 g/mol. The minimum atomic E-state index is -4.91. The van der Waals surface area contributed by atoms with Crippen molar-refractivity contribution in [2.75, 3.05) is 10.6 Å². The number of rotatable bonds is 3. The normalized spacial score (nSPS) is 18.1. The molecule has 0 spiro atoms. The van der Waals surface area contributed by atoms with Crippen LogP contribution in [0.25, 0.3) is 0 Å². The lowest BCUT2D eigenvalue weighted by molar-refractivity contribution is -0.274. The monoisotopic (exact) mass is 455 g/mol. The van der Waals surface area contributed by atoms with E-state index in [4.69, 9.17) is 0 Å². The molecule has 0 aliphatic carbocycles. The molecule has 0 fully saturated rings. The maximum absolute atomic E-state index is 12.9. The van der Waals surface area contributed by atoms with Gasteiger partial charge in [0.2, 0.25) is 10.0 Å². The molecule has 7 nitrogen and oxygen atoms in total. The molecule has 2 aromatic rings. The first-order chi connectivity index (χ1) is 13.7. The number of hydrogen-bond donors (Lipinski definition) is 3. The topological polar surface area (TPSA) is 96.5 Å². The van der Waals surface area contributed by atoms with Gasteiger partial charge in [0.15, 0.2) is 6.17 Å². The Morgan fingerprint density at radius 2 is 1.63 bits per heavy atom. The van der Waals surface area contributed by atoms with Crippen LogP contribution in [0.15, 0.2) is 47.4 Å². The van der Waals surface area contributed by atoms with Crippen LogP contribution in [0.5, 0.6) is 5.75 Å². The minimum Gasteiger partial charge on any atom is -0.406 e. The van der Waals surface area contributed by atoms with Crippen LogP contribution in [0.2, 0.25) is 0 Å². The molecule has 0 bridgehead atoms. The van der Waals surface area contributed by atoms with E-state index in [0.29, 0.717) is 12.1 Å². The second-order valence-electron chi connectivity index (χ2n) is 5.97. The molecule has 1 heterocycles. The third-order valence-corrected chi connectivity index (χ3v) is 5.27. The van der Waals surface area contributed by atoms with Gasteiger partial charge in [-0.2, -0.15) is 17.9 Å². The van der Waals surface area contributed by atoms with Gasteiger partial charge in [0.25, 0.3) is 5.91 Å². The number of sulfonamides is 1. The quantitative estimate of drug-likeness (QED) is 0.618. The van der Waals surface area contributed by atoms with Gasteiger partial charge in [-0.3, -0.25) is 4.79 Å². The Kier molecular flexibility index (Phi) is 5.32. The van der Waals surface area contributed by atoms with Crippen LogP contribution < -0.4 is 20.1 Å². The maximum Gasteiger partial charge on any atom is 0.573 e. The Bertz CT molecular complexity index is 1070. The van der Waals surface area contributed by atoms with Gasteiger partial charge in [0, 0.05) is 5.69 Å². The van der Waals surface area contributed by atoms with E-state index >= 15 is 0 Å². The Balaban J connectivity index is 1.78. The zero-order valence-electron chi connectivity index (χ0n) is 14.4. The highest BCUT2D eigenvalue weighted by molar-refractivity contribution is 7.89. The summed E-state index contributed by atoms with van der Waals surface area (Å²) in [5.74, 6) is -1.56. The van der Waals surface area contributed by atoms with E-state index in [2.05, 4.69) is 15.4 Å². The number of carbonyl (C=O) groups is 1. The van der Waals surface area contributed by atoms with Crippen molar-refractivity contribution in [2.24, 2.45) is 0 Å². The summed E-state index contributed by atoms with van der Waals surface area (Å²) in [6.07, 6.45) is -11.3. The lowest BCUT2D eigenvalue weighted by Gasteiger charge is -2.27. The van der Waals surface area contributed by atoms with Crippen molar-refractivity contribution in [3.05, 3.63) is 48.0 Å². The van der Waals surface area contributed by atoms with Gasteiger partial charge < -0.3 is 15.4 Å². The van der Waals surface area contributed by atoms with E-state index in [9.17, 15) is 39.6 Å². The Hall–Kier alpha value is -3.00. The number of anilines is 2. The standard InChI is InChI=1S/C16H11F6N3O4S/c17-15(18,19)8-1-6-12-11(7-8)24-13(25-30(12,27)28)14(26)23-9-2-4-10(5-3-9)29-16(20,21)22/h1-7,13,24-25H,(H,23,26). The van der Waals surface area contributed by atoms with Gasteiger partial charge in [-0.25, -0.2) is 8.42 Å². The van der Waals surface area contributed by atoms with E-state index < -0.39 is 56.5 Å².